The summed E-state index contributed by atoms with van der Waals surface area (Å²) in [5.41, 5.74) is 0. The molecular weight excluding hydrogens is 226 g/mol. The summed E-state index contributed by atoms with van der Waals surface area (Å²) >= 11 is 0. The van der Waals surface area contributed by atoms with Crippen LogP contribution in [-0.2, 0) is 9.59 Å². The largest absolute Gasteiger partial charge is 0.480 e. The number of aliphatic carboxylic acids is 1. The van der Waals surface area contributed by atoms with E-state index in [9.17, 15) is 14.4 Å². The summed E-state index contributed by atoms with van der Waals surface area (Å²) in [6, 6.07) is -1.40. The first-order chi connectivity index (χ1) is 7.92. The molecule has 3 amide bonds. The number of carbonyl (C=O) groups excluding carboxylic acids is 2. The molecule has 0 rings (SSSR count). The summed E-state index contributed by atoms with van der Waals surface area (Å²) in [5, 5.41) is 13.6. The van der Waals surface area contributed by atoms with Crippen molar-refractivity contribution in [2.75, 3.05) is 20.6 Å². The van der Waals surface area contributed by atoms with Gasteiger partial charge < -0.3 is 20.6 Å². The van der Waals surface area contributed by atoms with Crippen molar-refractivity contribution in [3.63, 3.8) is 0 Å². The monoisotopic (exact) mass is 245 g/mol. The predicted molar refractivity (Wildman–Crippen MR) is 61.6 cm³/mol. The van der Waals surface area contributed by atoms with Gasteiger partial charge in [0, 0.05) is 27.1 Å². The molecule has 0 aromatic heterocycles. The van der Waals surface area contributed by atoms with Gasteiger partial charge in [0.05, 0.1) is 0 Å². The summed E-state index contributed by atoms with van der Waals surface area (Å²) in [4.78, 5) is 34.5. The molecule has 0 aliphatic carbocycles. The van der Waals surface area contributed by atoms with Crippen LogP contribution in [0.25, 0.3) is 0 Å². The minimum absolute atomic E-state index is 0.171. The molecule has 1 atom stereocenters. The van der Waals surface area contributed by atoms with E-state index in [1.807, 2.05) is 0 Å². The van der Waals surface area contributed by atoms with E-state index in [-0.39, 0.29) is 18.9 Å². The maximum atomic E-state index is 11.5. The maximum absolute atomic E-state index is 11.5. The van der Waals surface area contributed by atoms with E-state index in [0.29, 0.717) is 6.42 Å². The van der Waals surface area contributed by atoms with Crippen LogP contribution in [-0.4, -0.2) is 54.6 Å². The molecule has 3 N–H and O–H groups in total. The molecule has 0 aliphatic heterocycles. The quantitative estimate of drug-likeness (QED) is 0.594. The van der Waals surface area contributed by atoms with E-state index in [0.717, 1.165) is 0 Å². The molecule has 0 unspecified atom stereocenters. The number of carboxylic acids is 1. The number of hydrogen-bond donors (Lipinski definition) is 3. The van der Waals surface area contributed by atoms with Gasteiger partial charge in [-0.2, -0.15) is 0 Å². The number of carboxylic acid groups (broad SMARTS) is 1. The summed E-state index contributed by atoms with van der Waals surface area (Å²) in [6.07, 6.45) is 0.495. The lowest BCUT2D eigenvalue weighted by atomic mass is 10.2. The summed E-state index contributed by atoms with van der Waals surface area (Å²) < 4.78 is 0. The zero-order valence-corrected chi connectivity index (χ0v) is 10.3. The Morgan fingerprint density at radius 3 is 2.35 bits per heavy atom. The van der Waals surface area contributed by atoms with Gasteiger partial charge in [0.1, 0.15) is 6.04 Å². The van der Waals surface area contributed by atoms with E-state index in [1.165, 1.54) is 19.0 Å². The highest BCUT2D eigenvalue weighted by molar-refractivity contribution is 5.83. The molecule has 0 aromatic carbocycles. The van der Waals surface area contributed by atoms with Crippen LogP contribution in [0.2, 0.25) is 0 Å². The van der Waals surface area contributed by atoms with Gasteiger partial charge in [0.25, 0.3) is 0 Å². The van der Waals surface area contributed by atoms with Gasteiger partial charge in [-0.3, -0.25) is 4.79 Å². The molecule has 0 heterocycles. The van der Waals surface area contributed by atoms with Gasteiger partial charge in [0.15, 0.2) is 0 Å². The van der Waals surface area contributed by atoms with Crippen LogP contribution in [0.3, 0.4) is 0 Å². The molecule has 7 heteroatoms. The zero-order valence-electron chi connectivity index (χ0n) is 10.3. The second-order valence-corrected chi connectivity index (χ2v) is 3.59. The minimum Gasteiger partial charge on any atom is -0.480 e. The fourth-order valence-corrected chi connectivity index (χ4v) is 1.09. The molecule has 0 aliphatic rings. The molecule has 0 fully saturated rings. The average Bonchev–Trinajstić information content (AvgIpc) is 2.31. The van der Waals surface area contributed by atoms with Crippen molar-refractivity contribution in [3.8, 4) is 0 Å². The van der Waals surface area contributed by atoms with Crippen molar-refractivity contribution >= 4 is 17.9 Å². The number of carbonyl (C=O) groups is 3. The Hall–Kier alpha value is -1.79. The maximum Gasteiger partial charge on any atom is 0.326 e. The molecule has 0 aromatic rings. The average molecular weight is 245 g/mol. The molecule has 0 radical (unpaired) electrons. The number of rotatable bonds is 6. The van der Waals surface area contributed by atoms with Gasteiger partial charge in [-0.05, 0) is 6.42 Å². The predicted octanol–water partition coefficient (Wildman–Crippen LogP) is -0.373. The molecule has 0 spiro atoms. The lowest BCUT2D eigenvalue weighted by Gasteiger charge is -2.20. The van der Waals surface area contributed by atoms with Gasteiger partial charge in [0.2, 0.25) is 5.91 Å². The molecule has 0 saturated carbocycles. The number of urea groups is 1. The van der Waals surface area contributed by atoms with Crippen molar-refractivity contribution in [1.82, 2.24) is 15.5 Å². The highest BCUT2D eigenvalue weighted by Crippen LogP contribution is 1.95. The van der Waals surface area contributed by atoms with Crippen molar-refractivity contribution in [3.05, 3.63) is 0 Å². The van der Waals surface area contributed by atoms with Crippen molar-refractivity contribution in [2.24, 2.45) is 0 Å². The first-order valence-corrected chi connectivity index (χ1v) is 5.37. The third kappa shape index (κ3) is 5.74. The Morgan fingerprint density at radius 1 is 1.35 bits per heavy atom. The molecule has 17 heavy (non-hydrogen) atoms. The van der Waals surface area contributed by atoms with Crippen molar-refractivity contribution in [1.29, 1.82) is 0 Å². The van der Waals surface area contributed by atoms with Crippen molar-refractivity contribution < 1.29 is 19.5 Å². The highest BCUT2D eigenvalue weighted by Gasteiger charge is 2.19. The number of nitrogens with one attached hydrogen (secondary N) is 2. The third-order valence-corrected chi connectivity index (χ3v) is 2.30. The van der Waals surface area contributed by atoms with E-state index < -0.39 is 18.0 Å². The Balaban J connectivity index is 4.12. The van der Waals surface area contributed by atoms with Crippen LogP contribution in [0.1, 0.15) is 19.8 Å². The lowest BCUT2D eigenvalue weighted by Crippen LogP contribution is -2.47. The zero-order chi connectivity index (χ0) is 13.4. The van der Waals surface area contributed by atoms with Crippen LogP contribution in [0.4, 0.5) is 4.79 Å². The molecule has 7 nitrogen and oxygen atoms in total. The lowest BCUT2D eigenvalue weighted by molar-refractivity contribution is -0.139. The fraction of sp³-hybridized carbons (Fsp3) is 0.700. The summed E-state index contributed by atoms with van der Waals surface area (Å²) in [5.74, 6) is -1.24. The van der Waals surface area contributed by atoms with Gasteiger partial charge in [-0.25, -0.2) is 9.59 Å². The summed E-state index contributed by atoms with van der Waals surface area (Å²) in [6.45, 7) is 1.91. The van der Waals surface area contributed by atoms with Gasteiger partial charge in [-0.1, -0.05) is 6.92 Å². The van der Waals surface area contributed by atoms with Gasteiger partial charge in [-0.15, -0.1) is 0 Å². The van der Waals surface area contributed by atoms with Crippen molar-refractivity contribution in [2.45, 2.75) is 25.8 Å². The van der Waals surface area contributed by atoms with E-state index in [4.69, 9.17) is 5.11 Å². The Kier molecular flexibility index (Phi) is 6.69. The number of nitrogens with zero attached hydrogens (tertiary/aromatic N) is 1. The SMILES string of the molecule is CC[C@@H](NC(=O)N(C)CCC(=O)NC)C(=O)O. The second kappa shape index (κ2) is 7.48. The number of hydrogen-bond acceptors (Lipinski definition) is 3. The Bertz CT molecular complexity index is 293. The number of amides is 3. The van der Waals surface area contributed by atoms with Crippen LogP contribution in [0.5, 0.6) is 0 Å². The Labute approximate surface area is 100 Å². The Morgan fingerprint density at radius 2 is 1.94 bits per heavy atom. The molecule has 0 saturated heterocycles. The topological polar surface area (TPSA) is 98.7 Å². The smallest absolute Gasteiger partial charge is 0.326 e. The molecule has 0 bridgehead atoms. The standard InChI is InChI=1S/C10H19N3O4/c1-4-7(9(15)16)12-10(17)13(3)6-5-8(14)11-2/h7H,4-6H2,1-3H3,(H,11,14)(H,12,17)(H,15,16)/t7-/m1/s1. The highest BCUT2D eigenvalue weighted by atomic mass is 16.4. The fourth-order valence-electron chi connectivity index (χ4n) is 1.09. The summed E-state index contributed by atoms with van der Waals surface area (Å²) in [7, 11) is 3.02. The third-order valence-electron chi connectivity index (χ3n) is 2.30. The van der Waals surface area contributed by atoms with Crippen LogP contribution in [0.15, 0.2) is 0 Å². The minimum atomic E-state index is -1.07. The molecular formula is C10H19N3O4. The second-order valence-electron chi connectivity index (χ2n) is 3.59. The van der Waals surface area contributed by atoms with Crippen LogP contribution >= 0.6 is 0 Å². The van der Waals surface area contributed by atoms with E-state index in [1.54, 1.807) is 6.92 Å². The normalized spacial score (nSPS) is 11.5. The molecule has 98 valence electrons. The van der Waals surface area contributed by atoms with E-state index >= 15 is 0 Å². The van der Waals surface area contributed by atoms with Crippen LogP contribution < -0.4 is 10.6 Å². The first-order valence-electron chi connectivity index (χ1n) is 5.37. The van der Waals surface area contributed by atoms with Gasteiger partial charge >= 0.3 is 12.0 Å². The first kappa shape index (κ1) is 15.2. The van der Waals surface area contributed by atoms with Crippen LogP contribution in [0, 0.1) is 0 Å². The van der Waals surface area contributed by atoms with E-state index in [2.05, 4.69) is 10.6 Å².